The summed E-state index contributed by atoms with van der Waals surface area (Å²) in [6.45, 7) is 1.77. The summed E-state index contributed by atoms with van der Waals surface area (Å²) in [6, 6.07) is -0.377. The van der Waals surface area contributed by atoms with Crippen LogP contribution in [0.4, 0.5) is 0 Å². The van der Waals surface area contributed by atoms with Gasteiger partial charge in [0.15, 0.2) is 0 Å². The first-order valence-corrected chi connectivity index (χ1v) is 7.03. The van der Waals surface area contributed by atoms with Crippen molar-refractivity contribution >= 4 is 16.0 Å². The van der Waals surface area contributed by atoms with Gasteiger partial charge in [-0.1, -0.05) is 0 Å². The van der Waals surface area contributed by atoms with Crippen molar-refractivity contribution in [2.75, 3.05) is 0 Å². The molecule has 104 valence electrons. The summed E-state index contributed by atoms with van der Waals surface area (Å²) in [5.74, 6) is 1.39. The number of nitrogens with one attached hydrogen (secondary N) is 1. The van der Waals surface area contributed by atoms with Gasteiger partial charge in [0.05, 0.1) is 19.2 Å². The summed E-state index contributed by atoms with van der Waals surface area (Å²) in [4.78, 5) is 10.4. The Bertz CT molecular complexity index is 585. The highest BCUT2D eigenvalue weighted by Gasteiger charge is 2.18. The van der Waals surface area contributed by atoms with Gasteiger partial charge in [-0.15, -0.1) is 12.3 Å². The van der Waals surface area contributed by atoms with Crippen LogP contribution in [-0.2, 0) is 21.4 Å². The largest absolute Gasteiger partial charge is 0.481 e. The lowest BCUT2D eigenvalue weighted by Crippen LogP contribution is -2.32. The number of terminal acetylenes is 1. The maximum Gasteiger partial charge on any atom is 0.305 e. The third kappa shape index (κ3) is 4.73. The molecular formula is C11H15N3O4S. The number of hydrogen-bond donors (Lipinski definition) is 2. The van der Waals surface area contributed by atoms with Crippen LogP contribution in [-0.4, -0.2) is 35.3 Å². The average molecular weight is 285 g/mol. The molecule has 0 aliphatic heterocycles. The number of carbonyl (C=O) groups is 1. The molecule has 0 aromatic carbocycles. The van der Waals surface area contributed by atoms with Crippen LogP contribution in [0.15, 0.2) is 17.3 Å². The van der Waals surface area contributed by atoms with E-state index >= 15 is 0 Å². The zero-order chi connectivity index (χ0) is 14.5. The molecule has 0 fully saturated rings. The van der Waals surface area contributed by atoms with Crippen LogP contribution in [0.1, 0.15) is 19.8 Å². The van der Waals surface area contributed by atoms with Crippen molar-refractivity contribution in [1.29, 1.82) is 0 Å². The Labute approximate surface area is 111 Å². The number of carboxylic acid groups (broad SMARTS) is 1. The molecule has 0 radical (unpaired) electrons. The minimum absolute atomic E-state index is 0.0123. The maximum absolute atomic E-state index is 11.9. The molecule has 1 aromatic heterocycles. The topological polar surface area (TPSA) is 101 Å². The predicted molar refractivity (Wildman–Crippen MR) is 67.7 cm³/mol. The highest BCUT2D eigenvalue weighted by molar-refractivity contribution is 7.89. The lowest BCUT2D eigenvalue weighted by Gasteiger charge is -2.09. The van der Waals surface area contributed by atoms with E-state index in [9.17, 15) is 13.2 Å². The quantitative estimate of drug-likeness (QED) is 0.689. The van der Waals surface area contributed by atoms with Crippen LogP contribution in [0.5, 0.6) is 0 Å². The van der Waals surface area contributed by atoms with Crippen molar-refractivity contribution in [3.8, 4) is 12.3 Å². The molecule has 1 atom stereocenters. The number of rotatable bonds is 7. The van der Waals surface area contributed by atoms with Gasteiger partial charge >= 0.3 is 5.97 Å². The minimum atomic E-state index is -3.68. The van der Waals surface area contributed by atoms with Gasteiger partial charge < -0.3 is 5.11 Å². The second kappa shape index (κ2) is 6.36. The van der Waals surface area contributed by atoms with E-state index < -0.39 is 16.0 Å². The fourth-order valence-electron chi connectivity index (χ4n) is 1.37. The van der Waals surface area contributed by atoms with Crippen LogP contribution in [0.3, 0.4) is 0 Å². The molecule has 19 heavy (non-hydrogen) atoms. The van der Waals surface area contributed by atoms with Crippen LogP contribution in [0.2, 0.25) is 0 Å². The van der Waals surface area contributed by atoms with Gasteiger partial charge in [-0.25, -0.2) is 13.1 Å². The molecule has 8 heteroatoms. The van der Waals surface area contributed by atoms with Crippen molar-refractivity contribution in [3.63, 3.8) is 0 Å². The van der Waals surface area contributed by atoms with Crippen LogP contribution in [0, 0.1) is 12.3 Å². The number of carboxylic acids is 1. The Morgan fingerprint density at radius 2 is 2.37 bits per heavy atom. The minimum Gasteiger partial charge on any atom is -0.481 e. The van der Waals surface area contributed by atoms with Gasteiger partial charge in [0.1, 0.15) is 4.90 Å². The molecule has 1 heterocycles. The fourth-order valence-corrected chi connectivity index (χ4v) is 2.56. The van der Waals surface area contributed by atoms with Gasteiger partial charge in [0.25, 0.3) is 0 Å². The molecule has 0 saturated carbocycles. The van der Waals surface area contributed by atoms with Gasteiger partial charge in [0.2, 0.25) is 10.0 Å². The first kappa shape index (κ1) is 15.2. The summed E-state index contributed by atoms with van der Waals surface area (Å²) in [5, 5.41) is 12.3. The molecule has 2 N–H and O–H groups in total. The Morgan fingerprint density at radius 3 is 2.95 bits per heavy atom. The summed E-state index contributed by atoms with van der Waals surface area (Å²) >= 11 is 0. The van der Waals surface area contributed by atoms with Crippen molar-refractivity contribution in [2.24, 2.45) is 0 Å². The molecule has 0 saturated heterocycles. The molecule has 1 unspecified atom stereocenters. The van der Waals surface area contributed by atoms with Crippen LogP contribution < -0.4 is 4.72 Å². The van der Waals surface area contributed by atoms with Crippen molar-refractivity contribution in [1.82, 2.24) is 14.5 Å². The lowest BCUT2D eigenvalue weighted by molar-refractivity contribution is -0.137. The summed E-state index contributed by atoms with van der Waals surface area (Å²) in [7, 11) is -3.68. The zero-order valence-corrected chi connectivity index (χ0v) is 11.2. The number of sulfonamides is 1. The summed E-state index contributed by atoms with van der Waals surface area (Å²) in [6.07, 6.45) is 7.72. The Hall–Kier alpha value is -1.85. The van der Waals surface area contributed by atoms with E-state index in [1.807, 2.05) is 0 Å². The molecule has 1 rings (SSSR count). The Kier molecular flexibility index (Phi) is 5.09. The fraction of sp³-hybridized carbons (Fsp3) is 0.455. The van der Waals surface area contributed by atoms with Crippen molar-refractivity contribution in [3.05, 3.63) is 12.4 Å². The Morgan fingerprint density at radius 1 is 1.68 bits per heavy atom. The van der Waals surface area contributed by atoms with E-state index in [1.54, 1.807) is 6.92 Å². The predicted octanol–water partition coefficient (Wildman–Crippen LogP) is 0.0479. The SMILES string of the molecule is C#CCC(C)NS(=O)(=O)c1cnn(CCC(=O)O)c1. The summed E-state index contributed by atoms with van der Waals surface area (Å²) < 4.78 is 27.5. The summed E-state index contributed by atoms with van der Waals surface area (Å²) in [5.41, 5.74) is 0. The van der Waals surface area contributed by atoms with Crippen LogP contribution >= 0.6 is 0 Å². The number of aliphatic carboxylic acids is 1. The molecule has 0 amide bonds. The average Bonchev–Trinajstić information content (AvgIpc) is 2.75. The molecule has 7 nitrogen and oxygen atoms in total. The molecule has 0 aliphatic rings. The second-order valence-electron chi connectivity index (χ2n) is 4.01. The Balaban J connectivity index is 2.74. The monoisotopic (exact) mass is 285 g/mol. The molecule has 0 bridgehead atoms. The van der Waals surface area contributed by atoms with E-state index in [4.69, 9.17) is 11.5 Å². The van der Waals surface area contributed by atoms with Gasteiger partial charge in [-0.2, -0.15) is 5.10 Å². The third-order valence-electron chi connectivity index (χ3n) is 2.25. The lowest BCUT2D eigenvalue weighted by atomic mass is 10.3. The van der Waals surface area contributed by atoms with E-state index in [0.717, 1.165) is 0 Å². The molecule has 0 spiro atoms. The first-order chi connectivity index (χ1) is 8.85. The number of aryl methyl sites for hydroxylation is 1. The maximum atomic E-state index is 11.9. The van der Waals surface area contributed by atoms with Crippen molar-refractivity contribution in [2.45, 2.75) is 37.2 Å². The standard InChI is InChI=1S/C11H15N3O4S/c1-3-4-9(2)13-19(17,18)10-7-12-14(8-10)6-5-11(15)16/h1,7-9,13H,4-6H2,2H3,(H,15,16). The van der Waals surface area contributed by atoms with Crippen molar-refractivity contribution < 1.29 is 18.3 Å². The van der Waals surface area contributed by atoms with Gasteiger partial charge in [-0.3, -0.25) is 9.48 Å². The second-order valence-corrected chi connectivity index (χ2v) is 5.73. The third-order valence-corrected chi connectivity index (χ3v) is 3.80. The van der Waals surface area contributed by atoms with E-state index in [2.05, 4.69) is 15.7 Å². The van der Waals surface area contributed by atoms with E-state index in [-0.39, 0.29) is 30.3 Å². The highest BCUT2D eigenvalue weighted by atomic mass is 32.2. The highest BCUT2D eigenvalue weighted by Crippen LogP contribution is 2.08. The molecule has 1 aromatic rings. The normalized spacial score (nSPS) is 12.8. The smallest absolute Gasteiger partial charge is 0.305 e. The van der Waals surface area contributed by atoms with E-state index in [0.29, 0.717) is 0 Å². The number of aromatic nitrogens is 2. The molecule has 0 aliphatic carbocycles. The van der Waals surface area contributed by atoms with E-state index in [1.165, 1.54) is 17.1 Å². The number of nitrogens with zero attached hydrogens (tertiary/aromatic N) is 2. The zero-order valence-electron chi connectivity index (χ0n) is 10.4. The van der Waals surface area contributed by atoms with Gasteiger partial charge in [-0.05, 0) is 6.92 Å². The van der Waals surface area contributed by atoms with Crippen LogP contribution in [0.25, 0.3) is 0 Å². The van der Waals surface area contributed by atoms with Gasteiger partial charge in [0, 0.05) is 18.7 Å². The first-order valence-electron chi connectivity index (χ1n) is 5.55. The number of hydrogen-bond acceptors (Lipinski definition) is 4. The molecular weight excluding hydrogens is 270 g/mol.